The topological polar surface area (TPSA) is 129 Å². The van der Waals surface area contributed by atoms with E-state index in [2.05, 4.69) is 15.5 Å². The number of hydrazone groups is 1. The first-order chi connectivity index (χ1) is 13.3. The highest BCUT2D eigenvalue weighted by Crippen LogP contribution is 2.16. The monoisotopic (exact) mass is 385 g/mol. The molecule has 0 spiro atoms. The third-order valence-electron chi connectivity index (χ3n) is 4.48. The van der Waals surface area contributed by atoms with Crippen LogP contribution in [0.2, 0.25) is 0 Å². The van der Waals surface area contributed by atoms with Crippen LogP contribution < -0.4 is 16.7 Å². The Morgan fingerprint density at radius 2 is 1.86 bits per heavy atom. The first-order valence-electron chi connectivity index (χ1n) is 8.47. The van der Waals surface area contributed by atoms with Gasteiger partial charge in [0.25, 0.3) is 11.2 Å². The van der Waals surface area contributed by atoms with E-state index >= 15 is 0 Å². The van der Waals surface area contributed by atoms with Crippen LogP contribution in [0.3, 0.4) is 0 Å². The SMILES string of the molecule is CCn1c(N/N=C(/C)c2ccc([N+](=O)[O-])cc2)nc2c1c(=O)n(C)c(=O)n2C. The minimum absolute atomic E-state index is 0.00551. The number of aromatic nitrogens is 4. The normalized spacial score (nSPS) is 11.8. The molecular weight excluding hydrogens is 366 g/mol. The zero-order chi connectivity index (χ0) is 20.6. The summed E-state index contributed by atoms with van der Waals surface area (Å²) in [5.41, 5.74) is 3.76. The highest BCUT2D eigenvalue weighted by atomic mass is 16.6. The fourth-order valence-corrected chi connectivity index (χ4v) is 2.86. The number of fused-ring (bicyclic) bond motifs is 1. The number of aryl methyl sites for hydroxylation is 2. The molecule has 0 aliphatic rings. The van der Waals surface area contributed by atoms with E-state index < -0.39 is 16.2 Å². The van der Waals surface area contributed by atoms with Gasteiger partial charge in [-0.3, -0.25) is 24.0 Å². The summed E-state index contributed by atoms with van der Waals surface area (Å²) in [4.78, 5) is 39.3. The third kappa shape index (κ3) is 3.06. The van der Waals surface area contributed by atoms with Gasteiger partial charge in [0.2, 0.25) is 5.95 Å². The Kier molecular flexibility index (Phi) is 4.82. The number of imidazole rings is 1. The zero-order valence-electron chi connectivity index (χ0n) is 15.8. The van der Waals surface area contributed by atoms with Crippen molar-refractivity contribution in [3.05, 3.63) is 60.8 Å². The lowest BCUT2D eigenvalue weighted by Gasteiger charge is -2.07. The molecule has 3 aromatic rings. The van der Waals surface area contributed by atoms with Crippen LogP contribution in [0.4, 0.5) is 11.6 Å². The number of anilines is 1. The van der Waals surface area contributed by atoms with Crippen molar-refractivity contribution in [3.63, 3.8) is 0 Å². The van der Waals surface area contributed by atoms with Crippen molar-refractivity contribution in [3.8, 4) is 0 Å². The minimum Gasteiger partial charge on any atom is -0.303 e. The maximum atomic E-state index is 12.5. The molecule has 1 aromatic carbocycles. The van der Waals surface area contributed by atoms with Gasteiger partial charge in [0, 0.05) is 32.8 Å². The molecule has 3 rings (SSSR count). The lowest BCUT2D eigenvalue weighted by molar-refractivity contribution is -0.384. The smallest absolute Gasteiger partial charge is 0.303 e. The summed E-state index contributed by atoms with van der Waals surface area (Å²) in [5.74, 6) is 0.317. The number of nitrogens with one attached hydrogen (secondary N) is 1. The fourth-order valence-electron chi connectivity index (χ4n) is 2.86. The molecule has 0 fully saturated rings. The Hall–Kier alpha value is -3.76. The van der Waals surface area contributed by atoms with E-state index in [0.717, 1.165) is 4.57 Å². The molecule has 0 aliphatic carbocycles. The summed E-state index contributed by atoms with van der Waals surface area (Å²) >= 11 is 0. The van der Waals surface area contributed by atoms with Crippen LogP contribution in [0.5, 0.6) is 0 Å². The second-order valence-electron chi connectivity index (χ2n) is 6.17. The van der Waals surface area contributed by atoms with E-state index in [1.807, 2.05) is 6.92 Å². The highest BCUT2D eigenvalue weighted by Gasteiger charge is 2.18. The number of nitro benzene ring substituents is 1. The Morgan fingerprint density at radius 1 is 1.21 bits per heavy atom. The van der Waals surface area contributed by atoms with E-state index in [1.54, 1.807) is 30.7 Å². The fraction of sp³-hybridized carbons (Fsp3) is 0.294. The summed E-state index contributed by atoms with van der Waals surface area (Å²) in [5, 5.41) is 15.0. The molecule has 0 saturated carbocycles. The number of hydrogen-bond acceptors (Lipinski definition) is 7. The van der Waals surface area contributed by atoms with E-state index in [4.69, 9.17) is 0 Å². The van der Waals surface area contributed by atoms with Gasteiger partial charge in [0.1, 0.15) is 0 Å². The van der Waals surface area contributed by atoms with E-state index in [0.29, 0.717) is 29.3 Å². The van der Waals surface area contributed by atoms with Gasteiger partial charge in [-0.05, 0) is 31.5 Å². The standard InChI is InChI=1S/C17H19N7O4/c1-5-23-13-14(21(3)17(26)22(4)15(13)25)18-16(23)20-19-10(2)11-6-8-12(9-7-11)24(27)28/h6-9H,5H2,1-4H3,(H,18,20)/b19-10-. The van der Waals surface area contributed by atoms with E-state index in [-0.39, 0.29) is 11.3 Å². The molecule has 0 radical (unpaired) electrons. The molecule has 1 N–H and O–H groups in total. The van der Waals surface area contributed by atoms with Crippen LogP contribution in [-0.2, 0) is 20.6 Å². The number of nitro groups is 1. The quantitative estimate of drug-likeness (QED) is 0.399. The van der Waals surface area contributed by atoms with Gasteiger partial charge in [-0.15, -0.1) is 0 Å². The molecule has 0 saturated heterocycles. The molecule has 2 aromatic heterocycles. The van der Waals surface area contributed by atoms with Crippen LogP contribution in [-0.4, -0.2) is 29.3 Å². The summed E-state index contributed by atoms with van der Waals surface area (Å²) in [6.07, 6.45) is 0. The second kappa shape index (κ2) is 7.10. The van der Waals surface area contributed by atoms with E-state index in [1.165, 1.54) is 23.7 Å². The van der Waals surface area contributed by atoms with Crippen LogP contribution in [0.15, 0.2) is 39.0 Å². The lowest BCUT2D eigenvalue weighted by atomic mass is 10.1. The van der Waals surface area contributed by atoms with Crippen molar-refractivity contribution >= 4 is 28.5 Å². The van der Waals surface area contributed by atoms with Gasteiger partial charge in [-0.2, -0.15) is 10.1 Å². The van der Waals surface area contributed by atoms with Gasteiger partial charge in [-0.1, -0.05) is 0 Å². The number of benzene rings is 1. The zero-order valence-corrected chi connectivity index (χ0v) is 15.8. The molecule has 0 aliphatic heterocycles. The molecule has 0 amide bonds. The van der Waals surface area contributed by atoms with Crippen molar-refractivity contribution in [2.75, 3.05) is 5.43 Å². The Labute approximate surface area is 158 Å². The molecule has 2 heterocycles. The van der Waals surface area contributed by atoms with Gasteiger partial charge in [-0.25, -0.2) is 10.2 Å². The molecule has 0 atom stereocenters. The number of nitrogens with zero attached hydrogens (tertiary/aromatic N) is 6. The van der Waals surface area contributed by atoms with Crippen LogP contribution in [0, 0.1) is 10.1 Å². The van der Waals surface area contributed by atoms with Gasteiger partial charge < -0.3 is 4.57 Å². The molecule has 146 valence electrons. The summed E-state index contributed by atoms with van der Waals surface area (Å²) < 4.78 is 3.98. The maximum absolute atomic E-state index is 12.5. The average Bonchev–Trinajstić information content (AvgIpc) is 3.07. The van der Waals surface area contributed by atoms with Crippen molar-refractivity contribution in [1.29, 1.82) is 0 Å². The van der Waals surface area contributed by atoms with Crippen molar-refractivity contribution in [2.45, 2.75) is 20.4 Å². The number of rotatable bonds is 5. The summed E-state index contributed by atoms with van der Waals surface area (Å²) in [6.45, 7) is 4.03. The van der Waals surface area contributed by atoms with Crippen LogP contribution in [0.1, 0.15) is 19.4 Å². The Morgan fingerprint density at radius 3 is 2.43 bits per heavy atom. The van der Waals surface area contributed by atoms with Crippen LogP contribution >= 0.6 is 0 Å². The largest absolute Gasteiger partial charge is 0.332 e. The van der Waals surface area contributed by atoms with Gasteiger partial charge in [0.05, 0.1) is 10.6 Å². The Bertz CT molecular complexity index is 1220. The molecule has 0 unspecified atom stereocenters. The lowest BCUT2D eigenvalue weighted by Crippen LogP contribution is -2.37. The second-order valence-corrected chi connectivity index (χ2v) is 6.17. The molecule has 11 heteroatoms. The summed E-state index contributed by atoms with van der Waals surface area (Å²) in [6, 6.07) is 5.99. The number of non-ortho nitro benzene ring substituents is 1. The van der Waals surface area contributed by atoms with Gasteiger partial charge >= 0.3 is 5.69 Å². The number of hydrogen-bond donors (Lipinski definition) is 1. The van der Waals surface area contributed by atoms with E-state index in [9.17, 15) is 19.7 Å². The van der Waals surface area contributed by atoms with Crippen molar-refractivity contribution in [1.82, 2.24) is 18.7 Å². The predicted octanol–water partition coefficient (Wildman–Crippen LogP) is 1.20. The summed E-state index contributed by atoms with van der Waals surface area (Å²) in [7, 11) is 2.97. The Balaban J connectivity index is 2.02. The predicted molar refractivity (Wildman–Crippen MR) is 105 cm³/mol. The average molecular weight is 385 g/mol. The molecule has 28 heavy (non-hydrogen) atoms. The maximum Gasteiger partial charge on any atom is 0.332 e. The van der Waals surface area contributed by atoms with Crippen molar-refractivity contribution < 1.29 is 4.92 Å². The van der Waals surface area contributed by atoms with Crippen molar-refractivity contribution in [2.24, 2.45) is 19.2 Å². The molecular formula is C17H19N7O4. The molecule has 11 nitrogen and oxygen atoms in total. The third-order valence-corrected chi connectivity index (χ3v) is 4.48. The minimum atomic E-state index is -0.469. The van der Waals surface area contributed by atoms with Crippen LogP contribution in [0.25, 0.3) is 11.2 Å². The first kappa shape index (κ1) is 19.0. The first-order valence-corrected chi connectivity index (χ1v) is 8.47. The van der Waals surface area contributed by atoms with Gasteiger partial charge in [0.15, 0.2) is 11.2 Å². The highest BCUT2D eigenvalue weighted by molar-refractivity contribution is 5.99. The molecule has 0 bridgehead atoms.